The fourth-order valence-corrected chi connectivity index (χ4v) is 3.25. The number of ether oxygens (including phenoxy) is 1. The van der Waals surface area contributed by atoms with Gasteiger partial charge < -0.3 is 9.84 Å². The molecule has 1 aromatic heterocycles. The number of hydrogen-bond donors (Lipinski definition) is 1. The van der Waals surface area contributed by atoms with Crippen LogP contribution >= 0.6 is 0 Å². The van der Waals surface area contributed by atoms with E-state index in [0.717, 1.165) is 0 Å². The van der Waals surface area contributed by atoms with Crippen molar-refractivity contribution in [1.29, 1.82) is 0 Å². The summed E-state index contributed by atoms with van der Waals surface area (Å²) in [7, 11) is -2.75. The molecule has 0 amide bonds. The second-order valence-corrected chi connectivity index (χ2v) is 6.44. The maximum atomic E-state index is 12.7. The smallest absolute Gasteiger partial charge is 0.324 e. The number of sulfonamides is 1. The Kier molecular flexibility index (Phi) is 4.80. The molecular weight excluding hydrogens is 322 g/mol. The zero-order valence-electron chi connectivity index (χ0n) is 12.5. The Bertz CT molecular complexity index is 808. The van der Waals surface area contributed by atoms with Crippen molar-refractivity contribution in [2.45, 2.75) is 11.8 Å². The number of carbonyl (C=O) groups is 1. The summed E-state index contributed by atoms with van der Waals surface area (Å²) in [4.78, 5) is 19.0. The van der Waals surface area contributed by atoms with Gasteiger partial charge in [0, 0.05) is 11.8 Å². The minimum absolute atomic E-state index is 0.0310. The first-order chi connectivity index (χ1) is 10.8. The molecule has 0 fully saturated rings. The highest BCUT2D eigenvalue weighted by Crippen LogP contribution is 2.23. The molecule has 0 aliphatic rings. The van der Waals surface area contributed by atoms with Crippen molar-refractivity contribution >= 4 is 21.8 Å². The lowest BCUT2D eigenvalue weighted by Crippen LogP contribution is -2.36. The van der Waals surface area contributed by atoms with Gasteiger partial charge in [-0.25, -0.2) is 17.7 Å². The minimum Gasteiger partial charge on any atom is -0.480 e. The van der Waals surface area contributed by atoms with Crippen LogP contribution in [0.4, 0.5) is 5.82 Å². The molecule has 9 heteroatoms. The monoisotopic (exact) mass is 337 g/mol. The van der Waals surface area contributed by atoms with Crippen LogP contribution in [-0.2, 0) is 14.8 Å². The van der Waals surface area contributed by atoms with Crippen LogP contribution in [0.15, 0.2) is 41.3 Å². The van der Waals surface area contributed by atoms with Gasteiger partial charge in [0.05, 0.1) is 12.0 Å². The van der Waals surface area contributed by atoms with Crippen LogP contribution in [-0.4, -0.2) is 43.1 Å². The lowest BCUT2D eigenvalue weighted by atomic mass is 10.4. The van der Waals surface area contributed by atoms with E-state index >= 15 is 0 Å². The Morgan fingerprint density at radius 2 is 1.91 bits per heavy atom. The summed E-state index contributed by atoms with van der Waals surface area (Å²) >= 11 is 0. The maximum Gasteiger partial charge on any atom is 0.324 e. The minimum atomic E-state index is -4.08. The van der Waals surface area contributed by atoms with E-state index in [-0.39, 0.29) is 16.7 Å². The molecule has 1 aromatic carbocycles. The molecule has 0 saturated heterocycles. The third kappa shape index (κ3) is 3.75. The molecule has 8 nitrogen and oxygen atoms in total. The summed E-state index contributed by atoms with van der Waals surface area (Å²) in [6.07, 6.45) is 0. The van der Waals surface area contributed by atoms with Gasteiger partial charge in [-0.15, -0.1) is 0 Å². The fraction of sp³-hybridized carbons (Fsp3) is 0.214. The summed E-state index contributed by atoms with van der Waals surface area (Å²) < 4.78 is 31.1. The quantitative estimate of drug-likeness (QED) is 0.839. The van der Waals surface area contributed by atoms with Crippen molar-refractivity contribution in [2.75, 3.05) is 18.0 Å². The first-order valence-corrected chi connectivity index (χ1v) is 7.98. The third-order valence-electron chi connectivity index (χ3n) is 2.87. The number of aromatic nitrogens is 2. The molecule has 0 aliphatic heterocycles. The number of hydrogen-bond acceptors (Lipinski definition) is 6. The highest BCUT2D eigenvalue weighted by molar-refractivity contribution is 7.92. The van der Waals surface area contributed by atoms with E-state index in [9.17, 15) is 13.2 Å². The number of nitrogens with zero attached hydrogens (tertiary/aromatic N) is 3. The topological polar surface area (TPSA) is 110 Å². The Balaban J connectivity index is 2.58. The standard InChI is InChI=1S/C14H15N3O5S/c1-10-8-12(16-14(15-10)22-2)17(9-13(18)19)23(20,21)11-6-4-3-5-7-11/h3-8H,9H2,1-2H3,(H,18,19). The highest BCUT2D eigenvalue weighted by atomic mass is 32.2. The van der Waals surface area contributed by atoms with Gasteiger partial charge in [0.15, 0.2) is 0 Å². The van der Waals surface area contributed by atoms with Gasteiger partial charge in [-0.2, -0.15) is 4.98 Å². The molecule has 0 unspecified atom stereocenters. The van der Waals surface area contributed by atoms with E-state index in [1.165, 1.54) is 25.3 Å². The van der Waals surface area contributed by atoms with Crippen molar-refractivity contribution in [1.82, 2.24) is 9.97 Å². The second kappa shape index (κ2) is 6.61. The molecule has 0 spiro atoms. The number of carboxylic acids is 1. The summed E-state index contributed by atoms with van der Waals surface area (Å²) in [6, 6.07) is 8.88. The molecule has 0 saturated carbocycles. The van der Waals surface area contributed by atoms with Gasteiger partial charge >= 0.3 is 12.0 Å². The number of rotatable bonds is 6. The molecule has 1 heterocycles. The fourth-order valence-electron chi connectivity index (χ4n) is 1.88. The molecule has 0 aliphatic carbocycles. The van der Waals surface area contributed by atoms with Crippen molar-refractivity contribution < 1.29 is 23.1 Å². The van der Waals surface area contributed by atoms with Crippen molar-refractivity contribution in [3.63, 3.8) is 0 Å². The molecule has 0 atom stereocenters. The highest BCUT2D eigenvalue weighted by Gasteiger charge is 2.28. The average molecular weight is 337 g/mol. The Morgan fingerprint density at radius 3 is 2.48 bits per heavy atom. The van der Waals surface area contributed by atoms with Gasteiger partial charge in [0.1, 0.15) is 12.4 Å². The molecule has 2 aromatic rings. The van der Waals surface area contributed by atoms with E-state index in [4.69, 9.17) is 9.84 Å². The molecular formula is C14H15N3O5S. The Hall–Kier alpha value is -2.68. The SMILES string of the molecule is COc1nc(C)cc(N(CC(=O)O)S(=O)(=O)c2ccccc2)n1. The van der Waals surface area contributed by atoms with E-state index in [2.05, 4.69) is 9.97 Å². The van der Waals surface area contributed by atoms with Crippen LogP contribution in [0, 0.1) is 6.92 Å². The normalized spacial score (nSPS) is 11.0. The van der Waals surface area contributed by atoms with Crippen LogP contribution in [0.25, 0.3) is 0 Å². The first-order valence-electron chi connectivity index (χ1n) is 6.54. The number of benzene rings is 1. The zero-order valence-corrected chi connectivity index (χ0v) is 13.3. The average Bonchev–Trinajstić information content (AvgIpc) is 2.52. The predicted molar refractivity (Wildman–Crippen MR) is 81.9 cm³/mol. The van der Waals surface area contributed by atoms with Gasteiger partial charge in [0.25, 0.3) is 10.0 Å². The number of anilines is 1. The summed E-state index contributed by atoms with van der Waals surface area (Å²) in [5.41, 5.74) is 0.450. The first kappa shape index (κ1) is 16.7. The van der Waals surface area contributed by atoms with Crippen LogP contribution in [0.2, 0.25) is 0 Å². The maximum absolute atomic E-state index is 12.7. The molecule has 1 N–H and O–H groups in total. The zero-order chi connectivity index (χ0) is 17.0. The lowest BCUT2D eigenvalue weighted by Gasteiger charge is -2.22. The molecule has 122 valence electrons. The molecule has 2 rings (SSSR count). The van der Waals surface area contributed by atoms with E-state index in [1.807, 2.05) is 0 Å². The van der Waals surface area contributed by atoms with Crippen LogP contribution in [0.1, 0.15) is 5.69 Å². The van der Waals surface area contributed by atoms with Gasteiger partial charge in [-0.1, -0.05) is 18.2 Å². The summed E-state index contributed by atoms with van der Waals surface area (Å²) in [5.74, 6) is -1.37. The largest absolute Gasteiger partial charge is 0.480 e. The van der Waals surface area contributed by atoms with Crippen LogP contribution in [0.3, 0.4) is 0 Å². The number of aliphatic carboxylic acids is 1. The summed E-state index contributed by atoms with van der Waals surface area (Å²) in [6.45, 7) is 0.860. The van der Waals surface area contributed by atoms with Gasteiger partial charge in [-0.3, -0.25) is 4.79 Å². The van der Waals surface area contributed by atoms with Crippen molar-refractivity contribution in [2.24, 2.45) is 0 Å². The lowest BCUT2D eigenvalue weighted by molar-refractivity contribution is -0.135. The third-order valence-corrected chi connectivity index (χ3v) is 4.63. The van der Waals surface area contributed by atoms with E-state index in [1.54, 1.807) is 25.1 Å². The number of carboxylic acid groups (broad SMARTS) is 1. The number of aryl methyl sites for hydroxylation is 1. The molecule has 23 heavy (non-hydrogen) atoms. The Labute approximate surface area is 133 Å². The van der Waals surface area contributed by atoms with E-state index < -0.39 is 22.5 Å². The van der Waals surface area contributed by atoms with E-state index in [0.29, 0.717) is 10.00 Å². The van der Waals surface area contributed by atoms with Crippen LogP contribution < -0.4 is 9.04 Å². The molecule has 0 bridgehead atoms. The summed E-state index contributed by atoms with van der Waals surface area (Å²) in [5, 5.41) is 9.07. The molecule has 0 radical (unpaired) electrons. The van der Waals surface area contributed by atoms with Crippen molar-refractivity contribution in [3.8, 4) is 6.01 Å². The van der Waals surface area contributed by atoms with Crippen LogP contribution in [0.5, 0.6) is 6.01 Å². The van der Waals surface area contributed by atoms with Crippen molar-refractivity contribution in [3.05, 3.63) is 42.1 Å². The second-order valence-electron chi connectivity index (χ2n) is 4.57. The van der Waals surface area contributed by atoms with Gasteiger partial charge in [0.2, 0.25) is 0 Å². The predicted octanol–water partition coefficient (Wildman–Crippen LogP) is 1.07. The number of methoxy groups -OCH3 is 1. The Morgan fingerprint density at radius 1 is 1.26 bits per heavy atom. The van der Waals surface area contributed by atoms with Gasteiger partial charge in [-0.05, 0) is 19.1 Å².